The molecule has 0 radical (unpaired) electrons. The van der Waals surface area contributed by atoms with Gasteiger partial charge in [-0.15, -0.1) is 0 Å². The van der Waals surface area contributed by atoms with Crippen LogP contribution in [-0.2, 0) is 10.2 Å². The maximum atomic E-state index is 12.8. The Morgan fingerprint density at radius 2 is 1.68 bits per heavy atom. The molecule has 1 aromatic carbocycles. The van der Waals surface area contributed by atoms with Gasteiger partial charge >= 0.3 is 6.09 Å². The first-order chi connectivity index (χ1) is 15.8. The number of carbonyl (C=O) groups is 1. The number of nitrogens with zero attached hydrogens (tertiary/aromatic N) is 4. The van der Waals surface area contributed by atoms with Gasteiger partial charge in [0, 0.05) is 24.9 Å². The summed E-state index contributed by atoms with van der Waals surface area (Å²) in [6, 6.07) is 14.2. The van der Waals surface area contributed by atoms with E-state index < -0.39 is 28.9 Å². The first-order valence-corrected chi connectivity index (χ1v) is 11.3. The third-order valence-electron chi connectivity index (χ3n) is 6.45. The average molecular weight is 458 g/mol. The molecule has 0 bridgehead atoms. The molecule has 1 heterocycles. The van der Waals surface area contributed by atoms with Crippen molar-refractivity contribution in [2.75, 3.05) is 13.1 Å². The van der Waals surface area contributed by atoms with Crippen molar-refractivity contribution in [3.8, 4) is 18.2 Å². The third kappa shape index (κ3) is 4.25. The highest BCUT2D eigenvalue weighted by Gasteiger charge is 2.55. The molecule has 0 aromatic heterocycles. The molecule has 0 saturated heterocycles. The van der Waals surface area contributed by atoms with E-state index in [1.165, 1.54) is 0 Å². The van der Waals surface area contributed by atoms with Crippen molar-refractivity contribution in [3.63, 3.8) is 0 Å². The lowest BCUT2D eigenvalue weighted by Crippen LogP contribution is -2.50. The molecule has 1 aliphatic carbocycles. The molecule has 34 heavy (non-hydrogen) atoms. The molecule has 0 saturated carbocycles. The number of hydrogen-bond acceptors (Lipinski definition) is 6. The summed E-state index contributed by atoms with van der Waals surface area (Å²) in [5, 5.41) is 30.4. The highest BCUT2D eigenvalue weighted by atomic mass is 16.6. The number of carbonyl (C=O) groups excluding carboxylic acids is 1. The summed E-state index contributed by atoms with van der Waals surface area (Å²) in [5.74, 6) is -1.13. The normalized spacial score (nSPS) is 22.0. The van der Waals surface area contributed by atoms with Gasteiger partial charge in [-0.1, -0.05) is 51.1 Å². The van der Waals surface area contributed by atoms with Crippen molar-refractivity contribution >= 4 is 6.09 Å². The zero-order chi connectivity index (χ0) is 25.5. The molecule has 0 unspecified atom stereocenters. The van der Waals surface area contributed by atoms with Crippen LogP contribution in [0.4, 0.5) is 4.79 Å². The molecule has 3 rings (SSSR count). The van der Waals surface area contributed by atoms with Crippen LogP contribution in [0.15, 0.2) is 47.2 Å². The van der Waals surface area contributed by atoms with Gasteiger partial charge < -0.3 is 15.4 Å². The highest BCUT2D eigenvalue weighted by molar-refractivity contribution is 5.70. The van der Waals surface area contributed by atoms with Gasteiger partial charge in [-0.25, -0.2) is 4.79 Å². The smallest absolute Gasteiger partial charge is 0.410 e. The van der Waals surface area contributed by atoms with Gasteiger partial charge in [0.1, 0.15) is 11.7 Å². The van der Waals surface area contributed by atoms with Crippen LogP contribution in [0.1, 0.15) is 58.6 Å². The summed E-state index contributed by atoms with van der Waals surface area (Å²) < 4.78 is 5.56. The average Bonchev–Trinajstić information content (AvgIpc) is 2.76. The minimum Gasteiger partial charge on any atom is -0.444 e. The van der Waals surface area contributed by atoms with Gasteiger partial charge in [0.25, 0.3) is 0 Å². The number of nitriles is 3. The number of fused-ring (bicyclic) bond motifs is 1. The van der Waals surface area contributed by atoms with Crippen LogP contribution in [0.2, 0.25) is 0 Å². The van der Waals surface area contributed by atoms with Crippen molar-refractivity contribution < 1.29 is 9.53 Å². The predicted molar refractivity (Wildman–Crippen MR) is 128 cm³/mol. The molecule has 7 heteroatoms. The number of allylic oxidation sites excluding steroid dienone is 2. The summed E-state index contributed by atoms with van der Waals surface area (Å²) in [6.07, 6.45) is 1.31. The van der Waals surface area contributed by atoms with Crippen LogP contribution >= 0.6 is 0 Å². The molecule has 0 fully saturated rings. The van der Waals surface area contributed by atoms with Crippen molar-refractivity contribution in [1.29, 1.82) is 15.8 Å². The molecule has 0 spiro atoms. The van der Waals surface area contributed by atoms with E-state index in [1.54, 1.807) is 31.7 Å². The maximum Gasteiger partial charge on any atom is 0.410 e. The van der Waals surface area contributed by atoms with E-state index in [4.69, 9.17) is 10.5 Å². The minimum atomic E-state index is -1.74. The number of amides is 1. The monoisotopic (exact) mass is 457 g/mol. The Balaban J connectivity index is 2.18. The Hall–Kier alpha value is -3.76. The second kappa shape index (κ2) is 8.54. The molecular weight excluding hydrogens is 426 g/mol. The Morgan fingerprint density at radius 3 is 2.15 bits per heavy atom. The third-order valence-corrected chi connectivity index (χ3v) is 6.45. The van der Waals surface area contributed by atoms with Crippen molar-refractivity contribution in [3.05, 3.63) is 58.3 Å². The van der Waals surface area contributed by atoms with Gasteiger partial charge in [-0.05, 0) is 42.9 Å². The van der Waals surface area contributed by atoms with E-state index in [-0.39, 0.29) is 29.8 Å². The van der Waals surface area contributed by atoms with Crippen molar-refractivity contribution in [2.45, 2.75) is 58.5 Å². The molecule has 1 aromatic rings. The van der Waals surface area contributed by atoms with Gasteiger partial charge in [0.05, 0.1) is 23.4 Å². The summed E-state index contributed by atoms with van der Waals surface area (Å²) in [4.78, 5) is 14.4. The second-order valence-corrected chi connectivity index (χ2v) is 10.9. The molecule has 176 valence electrons. The lowest BCUT2D eigenvalue weighted by atomic mass is 9.58. The highest BCUT2D eigenvalue weighted by Crippen LogP contribution is 2.54. The van der Waals surface area contributed by atoms with E-state index >= 15 is 0 Å². The van der Waals surface area contributed by atoms with E-state index in [2.05, 4.69) is 39.0 Å². The summed E-state index contributed by atoms with van der Waals surface area (Å²) >= 11 is 0. The largest absolute Gasteiger partial charge is 0.444 e. The summed E-state index contributed by atoms with van der Waals surface area (Å²) in [5.41, 5.74) is 6.56. The van der Waals surface area contributed by atoms with Crippen LogP contribution in [0.3, 0.4) is 0 Å². The van der Waals surface area contributed by atoms with Gasteiger partial charge in [0.15, 0.2) is 5.41 Å². The quantitative estimate of drug-likeness (QED) is 0.654. The van der Waals surface area contributed by atoms with Crippen LogP contribution < -0.4 is 5.73 Å². The lowest BCUT2D eigenvalue weighted by molar-refractivity contribution is 0.0224. The number of benzene rings is 1. The van der Waals surface area contributed by atoms with E-state index in [1.807, 2.05) is 24.3 Å². The molecule has 7 nitrogen and oxygen atoms in total. The Bertz CT molecular complexity index is 1160. The first-order valence-electron chi connectivity index (χ1n) is 11.3. The van der Waals surface area contributed by atoms with Crippen LogP contribution in [0, 0.1) is 45.3 Å². The summed E-state index contributed by atoms with van der Waals surface area (Å²) in [7, 11) is 0. The van der Waals surface area contributed by atoms with E-state index in [0.717, 1.165) is 11.1 Å². The Kier molecular flexibility index (Phi) is 6.25. The predicted octanol–water partition coefficient (Wildman–Crippen LogP) is 4.64. The molecule has 1 aliphatic heterocycles. The molecule has 2 atom stereocenters. The molecule has 2 aliphatic rings. The van der Waals surface area contributed by atoms with Crippen molar-refractivity contribution in [1.82, 2.24) is 4.90 Å². The molecular formula is C27H31N5O2. The topological polar surface area (TPSA) is 127 Å². The van der Waals surface area contributed by atoms with Crippen LogP contribution in [-0.4, -0.2) is 29.7 Å². The Morgan fingerprint density at radius 1 is 1.09 bits per heavy atom. The van der Waals surface area contributed by atoms with E-state index in [9.17, 15) is 20.6 Å². The Labute approximate surface area is 201 Å². The SMILES string of the molecule is CC(C)(C)OC(=O)N1CC=C2C(C#N)=C(N)C(C#N)(C#N)[C@H](c3ccc(C(C)(C)C)cc3)[C@@H]2C1. The second-order valence-electron chi connectivity index (χ2n) is 10.9. The molecule has 2 N–H and O–H groups in total. The standard InChI is InChI=1S/C27H31N5O2/c1-25(2,3)18-9-7-17(8-10-18)22-21-14-32(24(33)34-26(4,5)6)12-11-19(21)20(13-28)23(31)27(22,15-29)16-30/h7-11,21-22H,12,14,31H2,1-6H3/t21-,22-/m1/s1. The lowest BCUT2D eigenvalue weighted by Gasteiger charge is -2.45. The number of rotatable bonds is 1. The van der Waals surface area contributed by atoms with Gasteiger partial charge in [0.2, 0.25) is 0 Å². The maximum absolute atomic E-state index is 12.8. The first kappa shape index (κ1) is 24.9. The van der Waals surface area contributed by atoms with E-state index in [0.29, 0.717) is 5.57 Å². The zero-order valence-corrected chi connectivity index (χ0v) is 20.6. The van der Waals surface area contributed by atoms with Crippen molar-refractivity contribution in [2.24, 2.45) is 17.1 Å². The summed E-state index contributed by atoms with van der Waals surface area (Å²) in [6.45, 7) is 12.2. The fraction of sp³-hybridized carbons (Fsp3) is 0.481. The number of nitrogens with two attached hydrogens (primary N) is 1. The molecule has 1 amide bonds. The fourth-order valence-corrected chi connectivity index (χ4v) is 4.72. The number of hydrogen-bond donors (Lipinski definition) is 1. The fourth-order valence-electron chi connectivity index (χ4n) is 4.72. The van der Waals surface area contributed by atoms with Crippen LogP contribution in [0.5, 0.6) is 0 Å². The van der Waals surface area contributed by atoms with Crippen LogP contribution in [0.25, 0.3) is 0 Å². The van der Waals surface area contributed by atoms with Gasteiger partial charge in [-0.2, -0.15) is 15.8 Å². The number of ether oxygens (including phenoxy) is 1. The zero-order valence-electron chi connectivity index (χ0n) is 20.6. The van der Waals surface area contributed by atoms with Gasteiger partial charge in [-0.3, -0.25) is 0 Å². The minimum absolute atomic E-state index is 0.0295.